The van der Waals surface area contributed by atoms with Gasteiger partial charge in [-0.05, 0) is 13.5 Å². The van der Waals surface area contributed by atoms with Crippen molar-refractivity contribution in [2.75, 3.05) is 25.0 Å². The van der Waals surface area contributed by atoms with Crippen molar-refractivity contribution in [2.45, 2.75) is 20.4 Å². The van der Waals surface area contributed by atoms with Gasteiger partial charge in [0.15, 0.2) is 0 Å². The van der Waals surface area contributed by atoms with Crippen LogP contribution in [0.2, 0.25) is 0 Å². The summed E-state index contributed by atoms with van der Waals surface area (Å²) in [5.74, 6) is 1.10. The molecular formula is C10H18BrN3. The molecule has 0 saturated carbocycles. The van der Waals surface area contributed by atoms with E-state index in [4.69, 9.17) is 0 Å². The van der Waals surface area contributed by atoms with E-state index >= 15 is 0 Å². The van der Waals surface area contributed by atoms with Crippen molar-refractivity contribution in [1.82, 2.24) is 14.5 Å². The SMILES string of the molecule is CCN(CCBr)CCn1ccnc1C. The van der Waals surface area contributed by atoms with E-state index in [1.165, 1.54) is 0 Å². The molecule has 0 N–H and O–H groups in total. The molecule has 0 unspecified atom stereocenters. The Bertz CT molecular complexity index is 260. The van der Waals surface area contributed by atoms with Crippen molar-refractivity contribution in [3.63, 3.8) is 0 Å². The molecule has 4 heteroatoms. The maximum Gasteiger partial charge on any atom is 0.105 e. The molecule has 0 spiro atoms. The minimum Gasteiger partial charge on any atom is -0.334 e. The number of likely N-dealkylation sites (N-methyl/N-ethyl adjacent to an activating group) is 1. The zero-order valence-corrected chi connectivity index (χ0v) is 10.5. The molecule has 3 nitrogen and oxygen atoms in total. The lowest BCUT2D eigenvalue weighted by molar-refractivity contribution is 0.292. The van der Waals surface area contributed by atoms with Crippen LogP contribution in [0.25, 0.3) is 0 Å². The van der Waals surface area contributed by atoms with Gasteiger partial charge in [-0.2, -0.15) is 0 Å². The molecule has 0 radical (unpaired) electrons. The summed E-state index contributed by atoms with van der Waals surface area (Å²) < 4.78 is 2.19. The number of hydrogen-bond donors (Lipinski definition) is 0. The molecule has 0 aliphatic rings. The smallest absolute Gasteiger partial charge is 0.105 e. The zero-order valence-electron chi connectivity index (χ0n) is 8.91. The maximum atomic E-state index is 4.20. The van der Waals surface area contributed by atoms with E-state index in [2.05, 4.69) is 37.3 Å². The Morgan fingerprint density at radius 3 is 2.79 bits per heavy atom. The largest absolute Gasteiger partial charge is 0.334 e. The first kappa shape index (κ1) is 11.7. The molecule has 0 amide bonds. The van der Waals surface area contributed by atoms with E-state index < -0.39 is 0 Å². The van der Waals surface area contributed by atoms with Crippen molar-refractivity contribution in [3.05, 3.63) is 18.2 Å². The lowest BCUT2D eigenvalue weighted by Gasteiger charge is -2.19. The van der Waals surface area contributed by atoms with Gasteiger partial charge in [-0.15, -0.1) is 0 Å². The third kappa shape index (κ3) is 3.42. The van der Waals surface area contributed by atoms with Crippen LogP contribution in [0, 0.1) is 6.92 Å². The van der Waals surface area contributed by atoms with Gasteiger partial charge in [0.2, 0.25) is 0 Å². The zero-order chi connectivity index (χ0) is 10.4. The molecule has 14 heavy (non-hydrogen) atoms. The Morgan fingerprint density at radius 1 is 1.50 bits per heavy atom. The molecule has 1 aromatic rings. The Kier molecular flexibility index (Phi) is 5.19. The first-order valence-electron chi connectivity index (χ1n) is 5.04. The Hall–Kier alpha value is -0.350. The first-order chi connectivity index (χ1) is 6.77. The summed E-state index contributed by atoms with van der Waals surface area (Å²) in [6.45, 7) is 8.60. The van der Waals surface area contributed by atoms with E-state index in [1.807, 2.05) is 19.3 Å². The highest BCUT2D eigenvalue weighted by molar-refractivity contribution is 9.09. The summed E-state index contributed by atoms with van der Waals surface area (Å²) in [4.78, 5) is 6.63. The first-order valence-corrected chi connectivity index (χ1v) is 6.16. The van der Waals surface area contributed by atoms with E-state index in [0.29, 0.717) is 0 Å². The van der Waals surface area contributed by atoms with Gasteiger partial charge in [0, 0.05) is 37.4 Å². The van der Waals surface area contributed by atoms with Gasteiger partial charge >= 0.3 is 0 Å². The van der Waals surface area contributed by atoms with Crippen molar-refractivity contribution in [3.8, 4) is 0 Å². The van der Waals surface area contributed by atoms with Gasteiger partial charge in [0.05, 0.1) is 0 Å². The summed E-state index contributed by atoms with van der Waals surface area (Å²) in [6.07, 6.45) is 3.90. The number of imidazole rings is 1. The molecule has 0 aromatic carbocycles. The molecule has 0 saturated heterocycles. The highest BCUT2D eigenvalue weighted by Gasteiger charge is 2.02. The van der Waals surface area contributed by atoms with E-state index in [1.54, 1.807) is 0 Å². The van der Waals surface area contributed by atoms with E-state index in [9.17, 15) is 0 Å². The van der Waals surface area contributed by atoms with Crippen LogP contribution >= 0.6 is 15.9 Å². The standard InChI is InChI=1S/C10H18BrN3/c1-3-13(6-4-11)8-9-14-7-5-12-10(14)2/h5,7H,3-4,6,8-9H2,1-2H3. The van der Waals surface area contributed by atoms with Gasteiger partial charge < -0.3 is 9.47 Å². The van der Waals surface area contributed by atoms with Gasteiger partial charge in [-0.1, -0.05) is 22.9 Å². The molecule has 0 fully saturated rings. The normalized spacial score (nSPS) is 11.1. The minimum atomic E-state index is 1.03. The van der Waals surface area contributed by atoms with Crippen molar-refractivity contribution in [2.24, 2.45) is 0 Å². The Labute approximate surface area is 94.3 Å². The fraction of sp³-hybridized carbons (Fsp3) is 0.700. The third-order valence-corrected chi connectivity index (χ3v) is 2.78. The average molecular weight is 260 g/mol. The highest BCUT2D eigenvalue weighted by atomic mass is 79.9. The van der Waals surface area contributed by atoms with Crippen LogP contribution in [0.5, 0.6) is 0 Å². The number of rotatable bonds is 6. The molecule has 80 valence electrons. The number of halogens is 1. The number of nitrogens with zero attached hydrogens (tertiary/aromatic N) is 3. The van der Waals surface area contributed by atoms with Crippen LogP contribution in [0.1, 0.15) is 12.7 Å². The number of alkyl halides is 1. The molecule has 0 aliphatic heterocycles. The Morgan fingerprint density at radius 2 is 2.29 bits per heavy atom. The predicted molar refractivity (Wildman–Crippen MR) is 62.9 cm³/mol. The fourth-order valence-electron chi connectivity index (χ4n) is 1.44. The summed E-state index contributed by atoms with van der Waals surface area (Å²) in [6, 6.07) is 0. The van der Waals surface area contributed by atoms with Crippen molar-refractivity contribution in [1.29, 1.82) is 0 Å². The fourth-order valence-corrected chi connectivity index (χ4v) is 1.94. The summed E-state index contributed by atoms with van der Waals surface area (Å²) in [5, 5.41) is 1.05. The van der Waals surface area contributed by atoms with Crippen molar-refractivity contribution < 1.29 is 0 Å². The van der Waals surface area contributed by atoms with Crippen LogP contribution in [0.4, 0.5) is 0 Å². The molecule has 1 rings (SSSR count). The van der Waals surface area contributed by atoms with Crippen LogP contribution < -0.4 is 0 Å². The topological polar surface area (TPSA) is 21.1 Å². The van der Waals surface area contributed by atoms with Crippen LogP contribution in [0.15, 0.2) is 12.4 Å². The molecular weight excluding hydrogens is 242 g/mol. The molecule has 0 bridgehead atoms. The van der Waals surface area contributed by atoms with Crippen LogP contribution in [-0.4, -0.2) is 39.4 Å². The summed E-state index contributed by atoms with van der Waals surface area (Å²) >= 11 is 3.46. The average Bonchev–Trinajstić information content (AvgIpc) is 2.59. The van der Waals surface area contributed by atoms with Crippen LogP contribution in [-0.2, 0) is 6.54 Å². The van der Waals surface area contributed by atoms with Gasteiger partial charge in [0.1, 0.15) is 5.82 Å². The van der Waals surface area contributed by atoms with E-state index in [0.717, 1.165) is 37.3 Å². The number of hydrogen-bond acceptors (Lipinski definition) is 2. The second-order valence-corrected chi connectivity index (χ2v) is 4.08. The predicted octanol–water partition coefficient (Wildman–Crippen LogP) is 1.91. The highest BCUT2D eigenvalue weighted by Crippen LogP contribution is 1.97. The number of aryl methyl sites for hydroxylation is 1. The monoisotopic (exact) mass is 259 g/mol. The molecule has 0 atom stereocenters. The molecule has 1 aromatic heterocycles. The third-order valence-electron chi connectivity index (χ3n) is 2.43. The summed E-state index contributed by atoms with van der Waals surface area (Å²) in [7, 11) is 0. The second kappa shape index (κ2) is 6.19. The molecule has 0 aliphatic carbocycles. The summed E-state index contributed by atoms with van der Waals surface area (Å²) in [5.41, 5.74) is 0. The second-order valence-electron chi connectivity index (χ2n) is 3.29. The van der Waals surface area contributed by atoms with Gasteiger partial charge in [0.25, 0.3) is 0 Å². The Balaban J connectivity index is 2.35. The van der Waals surface area contributed by atoms with Gasteiger partial charge in [-0.25, -0.2) is 4.98 Å². The maximum absolute atomic E-state index is 4.20. The quantitative estimate of drug-likeness (QED) is 0.728. The minimum absolute atomic E-state index is 1.03. The molecule has 1 heterocycles. The van der Waals surface area contributed by atoms with Crippen LogP contribution in [0.3, 0.4) is 0 Å². The van der Waals surface area contributed by atoms with Gasteiger partial charge in [-0.3, -0.25) is 0 Å². The lowest BCUT2D eigenvalue weighted by atomic mass is 10.4. The number of aromatic nitrogens is 2. The van der Waals surface area contributed by atoms with E-state index in [-0.39, 0.29) is 0 Å². The lowest BCUT2D eigenvalue weighted by Crippen LogP contribution is -2.29. The van der Waals surface area contributed by atoms with Crippen molar-refractivity contribution >= 4 is 15.9 Å².